The van der Waals surface area contributed by atoms with Gasteiger partial charge in [0.1, 0.15) is 6.61 Å². The summed E-state index contributed by atoms with van der Waals surface area (Å²) in [7, 11) is 3.30. The molecule has 1 fully saturated rings. The van der Waals surface area contributed by atoms with Gasteiger partial charge in [0.05, 0.1) is 19.9 Å². The van der Waals surface area contributed by atoms with Crippen LogP contribution < -0.4 is 9.47 Å². The molecule has 170 valence electrons. The smallest absolute Gasteiger partial charge is 0.248 e. The summed E-state index contributed by atoms with van der Waals surface area (Å²) in [6.07, 6.45) is 1.84. The lowest BCUT2D eigenvalue weighted by atomic mass is 9.87. The largest absolute Gasteiger partial charge is 0.493 e. The Kier molecular flexibility index (Phi) is 6.42. The third-order valence-electron chi connectivity index (χ3n) is 6.57. The van der Waals surface area contributed by atoms with E-state index >= 15 is 0 Å². The molecule has 2 heterocycles. The number of likely N-dealkylation sites (tertiary alicyclic amines) is 1. The highest BCUT2D eigenvalue weighted by atomic mass is 16.5. The summed E-state index contributed by atoms with van der Waals surface area (Å²) in [5.41, 5.74) is 5.90. The summed E-state index contributed by atoms with van der Waals surface area (Å²) >= 11 is 0. The van der Waals surface area contributed by atoms with Gasteiger partial charge in [-0.15, -0.1) is 0 Å². The quantitative estimate of drug-likeness (QED) is 0.589. The third-order valence-corrected chi connectivity index (χ3v) is 6.57. The lowest BCUT2D eigenvalue weighted by Crippen LogP contribution is -2.39. The number of rotatable bonds is 6. The molecule has 2 N–H and O–H groups in total. The molecule has 0 aliphatic carbocycles. The summed E-state index contributed by atoms with van der Waals surface area (Å²) in [6, 6.07) is 12.7. The van der Waals surface area contributed by atoms with Crippen molar-refractivity contribution < 1.29 is 19.4 Å². The summed E-state index contributed by atoms with van der Waals surface area (Å²) in [6.45, 7) is 5.43. The maximum absolute atomic E-state index is 11.8. The van der Waals surface area contributed by atoms with Gasteiger partial charge in [-0.3, -0.25) is 4.79 Å². The fraction of sp³-hybridized carbons (Fsp3) is 0.423. The summed E-state index contributed by atoms with van der Waals surface area (Å²) in [4.78, 5) is 17.2. The van der Waals surface area contributed by atoms with Crippen LogP contribution in [0.4, 0.5) is 0 Å². The molecule has 1 aliphatic rings. The van der Waals surface area contributed by atoms with Crippen molar-refractivity contribution >= 4 is 16.8 Å². The van der Waals surface area contributed by atoms with Gasteiger partial charge in [-0.25, -0.2) is 0 Å². The molecule has 4 rings (SSSR count). The van der Waals surface area contributed by atoms with Gasteiger partial charge >= 0.3 is 0 Å². The maximum Gasteiger partial charge on any atom is 0.248 e. The molecule has 3 aromatic rings. The number of carbonyl (C=O) groups excluding carboxylic acids is 1. The minimum Gasteiger partial charge on any atom is -0.493 e. The zero-order chi connectivity index (χ0) is 22.8. The van der Waals surface area contributed by atoms with Crippen molar-refractivity contribution in [3.05, 3.63) is 47.5 Å². The number of aromatic nitrogens is 1. The van der Waals surface area contributed by atoms with Gasteiger partial charge in [0.15, 0.2) is 11.5 Å². The van der Waals surface area contributed by atoms with E-state index in [9.17, 15) is 4.79 Å². The van der Waals surface area contributed by atoms with Gasteiger partial charge in [0.25, 0.3) is 0 Å². The Morgan fingerprint density at radius 3 is 2.44 bits per heavy atom. The number of nitrogens with one attached hydrogen (secondary N) is 1. The maximum atomic E-state index is 11.8. The Labute approximate surface area is 189 Å². The number of benzene rings is 2. The number of amides is 1. The molecule has 0 spiro atoms. The first-order valence-electron chi connectivity index (χ1n) is 11.2. The molecule has 6 nitrogen and oxygen atoms in total. The van der Waals surface area contributed by atoms with E-state index in [0.29, 0.717) is 36.4 Å². The molecule has 1 aromatic heterocycles. The number of piperidine rings is 1. The Morgan fingerprint density at radius 2 is 1.81 bits per heavy atom. The van der Waals surface area contributed by atoms with Gasteiger partial charge in [0.2, 0.25) is 5.91 Å². The van der Waals surface area contributed by atoms with Crippen molar-refractivity contribution in [1.82, 2.24) is 9.88 Å². The third kappa shape index (κ3) is 4.07. The van der Waals surface area contributed by atoms with E-state index in [1.54, 1.807) is 19.1 Å². The number of aliphatic hydroxyl groups excluding tert-OH is 1. The van der Waals surface area contributed by atoms with Crippen LogP contribution in [0.25, 0.3) is 22.2 Å². The van der Waals surface area contributed by atoms with Crippen LogP contribution in [0.1, 0.15) is 49.7 Å². The minimum atomic E-state index is -0.406. The lowest BCUT2D eigenvalue weighted by Gasteiger charge is -2.32. The molecular formula is C26H32N2O4. The lowest BCUT2D eigenvalue weighted by molar-refractivity contribution is -0.135. The van der Waals surface area contributed by atoms with Crippen molar-refractivity contribution in [2.75, 3.05) is 33.9 Å². The van der Waals surface area contributed by atoms with E-state index < -0.39 is 6.61 Å². The number of hydrogen-bond acceptors (Lipinski definition) is 4. The second-order valence-electron chi connectivity index (χ2n) is 8.76. The highest BCUT2D eigenvalue weighted by Crippen LogP contribution is 2.40. The molecule has 0 bridgehead atoms. The Balaban J connectivity index is 1.70. The van der Waals surface area contributed by atoms with Gasteiger partial charge in [-0.1, -0.05) is 19.9 Å². The standard InChI is InChI=1S/C26H32N2O4/c1-16(2)25-20-13-18(17-9-11-28(12-10-17)24(30)15-29)5-7-21(20)27-26(25)19-6-8-22(31-3)23(14-19)32-4/h5-8,13-14,16-17,27,29H,9-12,15H2,1-4H3. The molecular weight excluding hydrogens is 404 g/mol. The minimum absolute atomic E-state index is 0.175. The molecule has 32 heavy (non-hydrogen) atoms. The van der Waals surface area contributed by atoms with Gasteiger partial charge in [-0.05, 0) is 66.1 Å². The Morgan fingerprint density at radius 1 is 1.09 bits per heavy atom. The van der Waals surface area contributed by atoms with Crippen molar-refractivity contribution in [2.45, 2.75) is 38.5 Å². The Hall–Kier alpha value is -2.99. The molecule has 0 saturated carbocycles. The molecule has 1 saturated heterocycles. The summed E-state index contributed by atoms with van der Waals surface area (Å²) in [5.74, 6) is 2.01. The average Bonchev–Trinajstić information content (AvgIpc) is 3.22. The first kappa shape index (κ1) is 22.2. The normalized spacial score (nSPS) is 14.9. The van der Waals surface area contributed by atoms with Gasteiger partial charge in [-0.2, -0.15) is 0 Å². The first-order valence-corrected chi connectivity index (χ1v) is 11.2. The molecule has 2 aromatic carbocycles. The number of H-pyrrole nitrogens is 1. The number of fused-ring (bicyclic) bond motifs is 1. The van der Waals surface area contributed by atoms with Crippen LogP contribution in [-0.4, -0.2) is 54.8 Å². The Bertz CT molecular complexity index is 1110. The highest BCUT2D eigenvalue weighted by molar-refractivity contribution is 5.92. The summed E-state index contributed by atoms with van der Waals surface area (Å²) < 4.78 is 10.9. The SMILES string of the molecule is COc1ccc(-c2[nH]c3ccc(C4CCN(C(=O)CO)CC4)cc3c2C(C)C)cc1OC. The topological polar surface area (TPSA) is 74.8 Å². The fourth-order valence-electron chi connectivity index (χ4n) is 4.87. The zero-order valence-corrected chi connectivity index (χ0v) is 19.3. The van der Waals surface area contributed by atoms with E-state index in [1.807, 2.05) is 12.1 Å². The van der Waals surface area contributed by atoms with Crippen LogP contribution >= 0.6 is 0 Å². The molecule has 1 amide bonds. The van der Waals surface area contributed by atoms with E-state index in [0.717, 1.165) is 29.6 Å². The van der Waals surface area contributed by atoms with Crippen molar-refractivity contribution in [2.24, 2.45) is 0 Å². The second-order valence-corrected chi connectivity index (χ2v) is 8.76. The van der Waals surface area contributed by atoms with Crippen LogP contribution in [0.5, 0.6) is 11.5 Å². The van der Waals surface area contributed by atoms with Crippen LogP contribution in [0.2, 0.25) is 0 Å². The number of aromatic amines is 1. The van der Waals surface area contributed by atoms with Crippen LogP contribution in [-0.2, 0) is 4.79 Å². The van der Waals surface area contributed by atoms with Crippen molar-refractivity contribution in [3.63, 3.8) is 0 Å². The molecule has 6 heteroatoms. The second kappa shape index (κ2) is 9.25. The number of ether oxygens (including phenoxy) is 2. The van der Waals surface area contributed by atoms with E-state index in [1.165, 1.54) is 16.5 Å². The van der Waals surface area contributed by atoms with E-state index in [-0.39, 0.29) is 5.91 Å². The van der Waals surface area contributed by atoms with Crippen molar-refractivity contribution in [1.29, 1.82) is 0 Å². The van der Waals surface area contributed by atoms with Crippen molar-refractivity contribution in [3.8, 4) is 22.8 Å². The molecule has 0 atom stereocenters. The summed E-state index contributed by atoms with van der Waals surface area (Å²) in [5, 5.41) is 10.4. The molecule has 0 unspecified atom stereocenters. The number of nitrogens with zero attached hydrogens (tertiary/aromatic N) is 1. The van der Waals surface area contributed by atoms with Gasteiger partial charge < -0.3 is 24.5 Å². The molecule has 0 radical (unpaired) electrons. The predicted octanol–water partition coefficient (Wildman–Crippen LogP) is 4.67. The highest BCUT2D eigenvalue weighted by Gasteiger charge is 2.25. The number of hydrogen-bond donors (Lipinski definition) is 2. The van der Waals surface area contributed by atoms with E-state index in [4.69, 9.17) is 14.6 Å². The van der Waals surface area contributed by atoms with Crippen LogP contribution in [0, 0.1) is 0 Å². The van der Waals surface area contributed by atoms with Gasteiger partial charge in [0, 0.05) is 29.6 Å². The molecule has 1 aliphatic heterocycles. The average molecular weight is 437 g/mol. The van der Waals surface area contributed by atoms with Crippen LogP contribution in [0.3, 0.4) is 0 Å². The predicted molar refractivity (Wildman–Crippen MR) is 127 cm³/mol. The fourth-order valence-corrected chi connectivity index (χ4v) is 4.87. The first-order chi connectivity index (χ1) is 15.5. The monoisotopic (exact) mass is 436 g/mol. The van der Waals surface area contributed by atoms with Crippen LogP contribution in [0.15, 0.2) is 36.4 Å². The number of aliphatic hydroxyl groups is 1. The number of methoxy groups -OCH3 is 2. The number of carbonyl (C=O) groups is 1. The van der Waals surface area contributed by atoms with E-state index in [2.05, 4.69) is 43.1 Å². The zero-order valence-electron chi connectivity index (χ0n) is 19.3.